The van der Waals surface area contributed by atoms with E-state index in [-0.39, 0.29) is 13.0 Å². The summed E-state index contributed by atoms with van der Waals surface area (Å²) in [6.07, 6.45) is -9.50. The van der Waals surface area contributed by atoms with Gasteiger partial charge in [0.05, 0.1) is 0 Å². The molecule has 7 heteroatoms. The Morgan fingerprint density at radius 2 is 1.59 bits per heavy atom. The first-order chi connectivity index (χ1) is 7.64. The van der Waals surface area contributed by atoms with Gasteiger partial charge < -0.3 is 5.32 Å². The normalized spacial score (nSPS) is 15.1. The lowest BCUT2D eigenvalue weighted by atomic mass is 9.95. The van der Waals surface area contributed by atoms with Gasteiger partial charge in [-0.1, -0.05) is 13.0 Å². The summed E-state index contributed by atoms with van der Waals surface area (Å²) >= 11 is 0. The molecule has 102 valence electrons. The molecule has 0 aromatic heterocycles. The Morgan fingerprint density at radius 3 is 1.88 bits per heavy atom. The fraction of sp³-hybridized carbons (Fsp3) is 0.800. The highest BCUT2D eigenvalue weighted by atomic mass is 19.4. The molecular weight excluding hydrogens is 248 g/mol. The molecule has 0 heterocycles. The highest BCUT2D eigenvalue weighted by Gasteiger charge is 2.59. The Balaban J connectivity index is 5.01. The van der Waals surface area contributed by atoms with Crippen molar-refractivity contribution in [2.75, 3.05) is 6.54 Å². The van der Waals surface area contributed by atoms with Gasteiger partial charge in [0.2, 0.25) is 0 Å². The van der Waals surface area contributed by atoms with Gasteiger partial charge in [-0.25, -0.2) is 0 Å². The summed E-state index contributed by atoms with van der Waals surface area (Å²) in [5, 5.41) is 2.27. The van der Waals surface area contributed by atoms with Crippen LogP contribution >= 0.6 is 0 Å². The maximum absolute atomic E-state index is 12.4. The molecule has 0 bridgehead atoms. The fourth-order valence-electron chi connectivity index (χ4n) is 1.49. The van der Waals surface area contributed by atoms with Crippen molar-refractivity contribution in [1.29, 1.82) is 0 Å². The fourth-order valence-corrected chi connectivity index (χ4v) is 1.49. The molecule has 0 saturated carbocycles. The highest BCUT2D eigenvalue weighted by molar-refractivity contribution is 4.91. The molecule has 1 nitrogen and oxygen atoms in total. The van der Waals surface area contributed by atoms with Crippen molar-refractivity contribution in [2.45, 2.75) is 38.2 Å². The van der Waals surface area contributed by atoms with E-state index < -0.39 is 24.3 Å². The number of nitrogens with one attached hydrogen (secondary N) is 1. The Hall–Kier alpha value is -0.720. The number of rotatable bonds is 6. The maximum Gasteiger partial charge on any atom is 0.402 e. The van der Waals surface area contributed by atoms with Crippen LogP contribution in [0.25, 0.3) is 0 Å². The third kappa shape index (κ3) is 5.43. The summed E-state index contributed by atoms with van der Waals surface area (Å²) < 4.78 is 74.5. The molecule has 0 spiro atoms. The van der Waals surface area contributed by atoms with E-state index in [4.69, 9.17) is 0 Å². The SMILES string of the molecule is C=CCC(NCCC)C(C(F)(F)F)C(F)(F)F. The van der Waals surface area contributed by atoms with E-state index in [2.05, 4.69) is 11.9 Å². The van der Waals surface area contributed by atoms with Crippen LogP contribution in [-0.2, 0) is 0 Å². The minimum Gasteiger partial charge on any atom is -0.313 e. The number of hydrogen-bond acceptors (Lipinski definition) is 1. The van der Waals surface area contributed by atoms with E-state index in [0.717, 1.165) is 6.08 Å². The Morgan fingerprint density at radius 1 is 1.12 bits per heavy atom. The first-order valence-corrected chi connectivity index (χ1v) is 5.12. The van der Waals surface area contributed by atoms with Crippen LogP contribution in [0.4, 0.5) is 26.3 Å². The third-order valence-electron chi connectivity index (χ3n) is 2.18. The lowest BCUT2D eigenvalue weighted by Crippen LogP contribution is -2.51. The Kier molecular flexibility index (Phi) is 6.01. The molecule has 0 fully saturated rings. The Labute approximate surface area is 95.9 Å². The van der Waals surface area contributed by atoms with Crippen molar-refractivity contribution in [3.8, 4) is 0 Å². The van der Waals surface area contributed by atoms with Gasteiger partial charge in [0, 0.05) is 6.04 Å². The lowest BCUT2D eigenvalue weighted by molar-refractivity contribution is -0.291. The van der Waals surface area contributed by atoms with Crippen LogP contribution in [-0.4, -0.2) is 24.9 Å². The van der Waals surface area contributed by atoms with E-state index >= 15 is 0 Å². The van der Waals surface area contributed by atoms with Gasteiger partial charge in [0.25, 0.3) is 0 Å². The second kappa shape index (κ2) is 6.28. The van der Waals surface area contributed by atoms with E-state index in [9.17, 15) is 26.3 Å². The molecule has 1 N–H and O–H groups in total. The van der Waals surface area contributed by atoms with Crippen LogP contribution in [0.15, 0.2) is 12.7 Å². The van der Waals surface area contributed by atoms with Crippen molar-refractivity contribution in [2.24, 2.45) is 5.92 Å². The predicted octanol–water partition coefficient (Wildman–Crippen LogP) is 3.67. The quantitative estimate of drug-likeness (QED) is 0.569. The van der Waals surface area contributed by atoms with Gasteiger partial charge in [-0.15, -0.1) is 6.58 Å². The monoisotopic (exact) mass is 263 g/mol. The second-order valence-corrected chi connectivity index (χ2v) is 3.65. The number of alkyl halides is 6. The van der Waals surface area contributed by atoms with Gasteiger partial charge in [0.15, 0.2) is 5.92 Å². The first-order valence-electron chi connectivity index (χ1n) is 5.12. The van der Waals surface area contributed by atoms with Crippen molar-refractivity contribution in [3.05, 3.63) is 12.7 Å². The standard InChI is InChI=1S/C10H15F6N/c1-3-5-7(17-6-4-2)8(9(11,12)13)10(14,15)16/h3,7-8,17H,1,4-6H2,2H3. The summed E-state index contributed by atoms with van der Waals surface area (Å²) in [5.41, 5.74) is 0. The van der Waals surface area contributed by atoms with Crippen LogP contribution in [0.5, 0.6) is 0 Å². The number of hydrogen-bond donors (Lipinski definition) is 1. The molecule has 0 aromatic rings. The molecule has 0 rings (SSSR count). The third-order valence-corrected chi connectivity index (χ3v) is 2.18. The predicted molar refractivity (Wildman–Crippen MR) is 52.5 cm³/mol. The van der Waals surface area contributed by atoms with Gasteiger partial charge >= 0.3 is 12.4 Å². The minimum atomic E-state index is -5.31. The first kappa shape index (κ1) is 16.3. The molecule has 0 radical (unpaired) electrons. The average molecular weight is 263 g/mol. The highest BCUT2D eigenvalue weighted by Crippen LogP contribution is 2.42. The summed E-state index contributed by atoms with van der Waals surface area (Å²) in [6, 6.07) is -1.72. The molecule has 0 aliphatic carbocycles. The molecule has 0 amide bonds. The van der Waals surface area contributed by atoms with Crippen molar-refractivity contribution >= 4 is 0 Å². The van der Waals surface area contributed by atoms with Gasteiger partial charge in [0.1, 0.15) is 0 Å². The van der Waals surface area contributed by atoms with Crippen LogP contribution in [0, 0.1) is 5.92 Å². The number of halogens is 6. The smallest absolute Gasteiger partial charge is 0.313 e. The summed E-state index contributed by atoms with van der Waals surface area (Å²) in [4.78, 5) is 0. The summed E-state index contributed by atoms with van der Waals surface area (Å²) in [6.45, 7) is 4.94. The second-order valence-electron chi connectivity index (χ2n) is 3.65. The zero-order valence-corrected chi connectivity index (χ0v) is 9.33. The molecule has 0 aliphatic heterocycles. The van der Waals surface area contributed by atoms with Gasteiger partial charge in [-0.3, -0.25) is 0 Å². The van der Waals surface area contributed by atoms with Crippen LogP contribution in [0.1, 0.15) is 19.8 Å². The average Bonchev–Trinajstić information content (AvgIpc) is 2.09. The van der Waals surface area contributed by atoms with E-state index in [1.165, 1.54) is 0 Å². The van der Waals surface area contributed by atoms with Crippen molar-refractivity contribution in [1.82, 2.24) is 5.32 Å². The molecule has 1 unspecified atom stereocenters. The van der Waals surface area contributed by atoms with Gasteiger partial charge in [-0.05, 0) is 19.4 Å². The zero-order valence-electron chi connectivity index (χ0n) is 9.33. The van der Waals surface area contributed by atoms with E-state index in [0.29, 0.717) is 6.42 Å². The van der Waals surface area contributed by atoms with Crippen molar-refractivity contribution in [3.63, 3.8) is 0 Å². The molecular formula is C10H15F6N. The zero-order chi connectivity index (χ0) is 13.7. The lowest BCUT2D eigenvalue weighted by Gasteiger charge is -2.30. The van der Waals surface area contributed by atoms with Gasteiger partial charge in [-0.2, -0.15) is 26.3 Å². The van der Waals surface area contributed by atoms with E-state index in [1.807, 2.05) is 0 Å². The van der Waals surface area contributed by atoms with Crippen LogP contribution in [0.2, 0.25) is 0 Å². The molecule has 0 aliphatic rings. The maximum atomic E-state index is 12.4. The molecule has 0 saturated heterocycles. The summed E-state index contributed by atoms with van der Waals surface area (Å²) in [5.74, 6) is -3.36. The van der Waals surface area contributed by atoms with E-state index in [1.54, 1.807) is 6.92 Å². The van der Waals surface area contributed by atoms with Crippen LogP contribution in [0.3, 0.4) is 0 Å². The topological polar surface area (TPSA) is 12.0 Å². The molecule has 17 heavy (non-hydrogen) atoms. The molecule has 1 atom stereocenters. The largest absolute Gasteiger partial charge is 0.402 e. The summed E-state index contributed by atoms with van der Waals surface area (Å²) in [7, 11) is 0. The van der Waals surface area contributed by atoms with Crippen molar-refractivity contribution < 1.29 is 26.3 Å². The Bertz CT molecular complexity index is 218. The minimum absolute atomic E-state index is 0.0984. The molecule has 0 aromatic carbocycles. The van der Waals surface area contributed by atoms with Crippen LogP contribution < -0.4 is 5.32 Å².